The van der Waals surface area contributed by atoms with Crippen LogP contribution < -0.4 is 0 Å². The summed E-state index contributed by atoms with van der Waals surface area (Å²) in [5.74, 6) is -0.893. The van der Waals surface area contributed by atoms with Gasteiger partial charge >= 0.3 is 5.97 Å². The van der Waals surface area contributed by atoms with Crippen LogP contribution in [0.2, 0.25) is 0 Å². The van der Waals surface area contributed by atoms with E-state index in [1.807, 2.05) is 0 Å². The Morgan fingerprint density at radius 2 is 2.07 bits per heavy atom. The van der Waals surface area contributed by atoms with Gasteiger partial charge in [-0.1, -0.05) is 22.0 Å². The van der Waals surface area contributed by atoms with E-state index in [1.165, 1.54) is 0 Å². The van der Waals surface area contributed by atoms with Gasteiger partial charge in [-0.2, -0.15) is 0 Å². The van der Waals surface area contributed by atoms with E-state index in [2.05, 4.69) is 20.7 Å². The molecule has 1 aromatic rings. The van der Waals surface area contributed by atoms with Crippen molar-refractivity contribution < 1.29 is 19.4 Å². The van der Waals surface area contributed by atoms with E-state index in [9.17, 15) is 9.59 Å². The van der Waals surface area contributed by atoms with Gasteiger partial charge in [-0.3, -0.25) is 9.59 Å². The molecule has 0 aliphatic carbocycles. The van der Waals surface area contributed by atoms with Gasteiger partial charge in [0, 0.05) is 4.47 Å². The summed E-state index contributed by atoms with van der Waals surface area (Å²) in [5.41, 5.74) is 1.43. The Morgan fingerprint density at radius 3 is 2.67 bits per heavy atom. The van der Waals surface area contributed by atoms with Gasteiger partial charge in [0.2, 0.25) is 0 Å². The van der Waals surface area contributed by atoms with Crippen molar-refractivity contribution in [2.24, 2.45) is 0 Å². The fourth-order valence-electron chi connectivity index (χ4n) is 1.21. The largest absolute Gasteiger partial charge is 0.481 e. The maximum absolute atomic E-state index is 10.5. The lowest BCUT2D eigenvalue weighted by Gasteiger charge is -2.04. The zero-order valence-electron chi connectivity index (χ0n) is 7.77. The first-order valence-corrected chi connectivity index (χ1v) is 4.96. The number of rotatable bonds is 5. The van der Waals surface area contributed by atoms with Gasteiger partial charge in [-0.05, 0) is 23.3 Å². The highest BCUT2D eigenvalue weighted by Gasteiger charge is 2.04. The van der Waals surface area contributed by atoms with Gasteiger partial charge < -0.3 is 9.84 Å². The number of hydrogen-bond acceptors (Lipinski definition) is 3. The van der Waals surface area contributed by atoms with Crippen LogP contribution in [0.25, 0.3) is 0 Å². The SMILES string of the molecule is O=COCc1cc(Br)cc(CC(=O)O)c1. The highest BCUT2D eigenvalue weighted by atomic mass is 79.9. The summed E-state index contributed by atoms with van der Waals surface area (Å²) in [6, 6.07) is 5.19. The first-order valence-electron chi connectivity index (χ1n) is 4.17. The minimum atomic E-state index is -0.893. The Kier molecular flexibility index (Phi) is 4.30. The third kappa shape index (κ3) is 4.12. The normalized spacial score (nSPS) is 9.67. The van der Waals surface area contributed by atoms with E-state index in [4.69, 9.17) is 5.11 Å². The molecule has 0 heterocycles. The molecule has 0 fully saturated rings. The number of carbonyl (C=O) groups excluding carboxylic acids is 1. The van der Waals surface area contributed by atoms with Gasteiger partial charge in [0.05, 0.1) is 6.42 Å². The molecule has 0 bridgehead atoms. The average molecular weight is 273 g/mol. The van der Waals surface area contributed by atoms with Crippen LogP contribution >= 0.6 is 15.9 Å². The molecule has 80 valence electrons. The Hall–Kier alpha value is -1.36. The lowest BCUT2D eigenvalue weighted by atomic mass is 10.1. The van der Waals surface area contributed by atoms with Crippen molar-refractivity contribution in [2.45, 2.75) is 13.0 Å². The zero-order valence-corrected chi connectivity index (χ0v) is 9.36. The third-order valence-corrected chi connectivity index (χ3v) is 2.15. The van der Waals surface area contributed by atoms with Crippen molar-refractivity contribution in [1.29, 1.82) is 0 Å². The van der Waals surface area contributed by atoms with Crippen LogP contribution in [-0.2, 0) is 27.4 Å². The number of halogens is 1. The van der Waals surface area contributed by atoms with Gasteiger partial charge in [0.25, 0.3) is 6.47 Å². The Balaban J connectivity index is 2.84. The Labute approximate surface area is 95.0 Å². The lowest BCUT2D eigenvalue weighted by Crippen LogP contribution is -2.01. The molecule has 0 aliphatic rings. The second-order valence-corrected chi connectivity index (χ2v) is 3.86. The zero-order chi connectivity index (χ0) is 11.3. The molecular formula is C10H9BrO4. The van der Waals surface area contributed by atoms with Gasteiger partial charge in [0.15, 0.2) is 0 Å². The minimum absolute atomic E-state index is 0.0481. The van der Waals surface area contributed by atoms with Gasteiger partial charge in [-0.25, -0.2) is 0 Å². The van der Waals surface area contributed by atoms with Crippen molar-refractivity contribution in [3.05, 3.63) is 33.8 Å². The molecule has 0 aliphatic heterocycles. The molecule has 0 atom stereocenters. The van der Waals surface area contributed by atoms with Crippen LogP contribution in [0.15, 0.2) is 22.7 Å². The number of hydrogen-bond donors (Lipinski definition) is 1. The third-order valence-electron chi connectivity index (χ3n) is 1.69. The summed E-state index contributed by atoms with van der Waals surface area (Å²) in [7, 11) is 0. The predicted octanol–water partition coefficient (Wildman–Crippen LogP) is 1.75. The van der Waals surface area contributed by atoms with Crippen molar-refractivity contribution in [1.82, 2.24) is 0 Å². The monoisotopic (exact) mass is 272 g/mol. The molecule has 1 aromatic carbocycles. The summed E-state index contributed by atoms with van der Waals surface area (Å²) >= 11 is 3.26. The standard InChI is InChI=1S/C10H9BrO4/c11-9-2-7(4-10(13)14)1-8(3-9)5-15-6-12/h1-3,6H,4-5H2,(H,13,14). The minimum Gasteiger partial charge on any atom is -0.481 e. The molecule has 0 saturated carbocycles. The Bertz CT molecular complexity index is 376. The molecule has 1 N–H and O–H groups in total. The van der Waals surface area contributed by atoms with Crippen LogP contribution in [0.5, 0.6) is 0 Å². The van der Waals surface area contributed by atoms with Crippen LogP contribution in [-0.4, -0.2) is 17.5 Å². The smallest absolute Gasteiger partial charge is 0.307 e. The summed E-state index contributed by atoms with van der Waals surface area (Å²) in [4.78, 5) is 20.5. The number of benzene rings is 1. The average Bonchev–Trinajstić information content (AvgIpc) is 2.12. The number of aliphatic carboxylic acids is 1. The van der Waals surface area contributed by atoms with Crippen molar-refractivity contribution in [3.63, 3.8) is 0 Å². The van der Waals surface area contributed by atoms with E-state index >= 15 is 0 Å². The predicted molar refractivity (Wildman–Crippen MR) is 56.3 cm³/mol. The summed E-state index contributed by atoms with van der Waals surface area (Å²) in [5, 5.41) is 8.62. The second-order valence-electron chi connectivity index (χ2n) is 2.95. The van der Waals surface area contributed by atoms with E-state index in [1.54, 1.807) is 18.2 Å². The summed E-state index contributed by atoms with van der Waals surface area (Å²) in [6.45, 7) is 0.507. The van der Waals surface area contributed by atoms with Crippen LogP contribution in [0.1, 0.15) is 11.1 Å². The number of carboxylic acids is 1. The molecule has 0 spiro atoms. The topological polar surface area (TPSA) is 63.6 Å². The molecule has 0 unspecified atom stereocenters. The van der Waals surface area contributed by atoms with Gasteiger partial charge in [0.1, 0.15) is 6.61 Å². The molecular weight excluding hydrogens is 264 g/mol. The molecule has 4 nitrogen and oxygen atoms in total. The van der Waals surface area contributed by atoms with E-state index < -0.39 is 5.97 Å². The van der Waals surface area contributed by atoms with E-state index in [0.29, 0.717) is 12.0 Å². The first-order chi connectivity index (χ1) is 7.11. The highest BCUT2D eigenvalue weighted by molar-refractivity contribution is 9.10. The van der Waals surface area contributed by atoms with Crippen LogP contribution in [0.4, 0.5) is 0 Å². The van der Waals surface area contributed by atoms with Gasteiger partial charge in [-0.15, -0.1) is 0 Å². The molecule has 0 radical (unpaired) electrons. The van der Waals surface area contributed by atoms with Crippen molar-refractivity contribution in [3.8, 4) is 0 Å². The molecule has 15 heavy (non-hydrogen) atoms. The number of ether oxygens (including phenoxy) is 1. The fourth-order valence-corrected chi connectivity index (χ4v) is 1.80. The van der Waals surface area contributed by atoms with E-state index in [-0.39, 0.29) is 13.0 Å². The summed E-state index contributed by atoms with van der Waals surface area (Å²) in [6.07, 6.45) is -0.0481. The molecule has 0 saturated heterocycles. The van der Waals surface area contributed by atoms with Crippen molar-refractivity contribution >= 4 is 28.4 Å². The van der Waals surface area contributed by atoms with E-state index in [0.717, 1.165) is 10.0 Å². The fraction of sp³-hybridized carbons (Fsp3) is 0.200. The Morgan fingerprint density at radius 1 is 1.40 bits per heavy atom. The summed E-state index contributed by atoms with van der Waals surface area (Å²) < 4.78 is 5.35. The molecule has 1 rings (SSSR count). The van der Waals surface area contributed by atoms with Crippen LogP contribution in [0, 0.1) is 0 Å². The van der Waals surface area contributed by atoms with Crippen molar-refractivity contribution in [2.75, 3.05) is 0 Å². The number of carboxylic acid groups (broad SMARTS) is 1. The number of carbonyl (C=O) groups is 2. The highest BCUT2D eigenvalue weighted by Crippen LogP contribution is 2.17. The molecule has 0 aromatic heterocycles. The maximum atomic E-state index is 10.5. The second kappa shape index (κ2) is 5.50. The lowest BCUT2D eigenvalue weighted by molar-refractivity contribution is -0.136. The molecule has 5 heteroatoms. The van der Waals surface area contributed by atoms with Crippen LogP contribution in [0.3, 0.4) is 0 Å². The first kappa shape index (κ1) is 11.7. The molecule has 0 amide bonds. The quantitative estimate of drug-likeness (QED) is 0.830. The maximum Gasteiger partial charge on any atom is 0.307 e.